The Morgan fingerprint density at radius 2 is 1.90 bits per heavy atom. The topological polar surface area (TPSA) is 97.8 Å². The molecule has 30 heavy (non-hydrogen) atoms. The molecule has 2 aromatic rings. The van der Waals surface area contributed by atoms with Gasteiger partial charge < -0.3 is 14.8 Å². The molecule has 0 bridgehead atoms. The molecule has 1 atom stereocenters. The van der Waals surface area contributed by atoms with Crippen molar-refractivity contribution in [1.82, 2.24) is 9.29 Å². The number of anilines is 1. The van der Waals surface area contributed by atoms with Gasteiger partial charge in [0.1, 0.15) is 16.4 Å². The van der Waals surface area contributed by atoms with E-state index in [0.717, 1.165) is 12.8 Å². The Morgan fingerprint density at radius 3 is 2.50 bits per heavy atom. The number of methoxy groups -OCH3 is 2. The SMILES string of the molecule is COc1ccc(OC)c(NC(=O)C(C)Sc2ccc(S(=O)(=O)N3CCCC3)cn2)c1. The number of hydrogen-bond acceptors (Lipinski definition) is 7. The minimum Gasteiger partial charge on any atom is -0.497 e. The van der Waals surface area contributed by atoms with E-state index in [1.54, 1.807) is 44.4 Å². The van der Waals surface area contributed by atoms with E-state index in [1.807, 2.05) is 0 Å². The van der Waals surface area contributed by atoms with Gasteiger partial charge in [-0.1, -0.05) is 11.8 Å². The molecule has 1 aromatic heterocycles. The molecule has 1 N–H and O–H groups in total. The molecule has 0 saturated carbocycles. The lowest BCUT2D eigenvalue weighted by Gasteiger charge is -2.16. The molecule has 1 saturated heterocycles. The summed E-state index contributed by atoms with van der Waals surface area (Å²) >= 11 is 1.24. The molecule has 162 valence electrons. The summed E-state index contributed by atoms with van der Waals surface area (Å²) in [5.41, 5.74) is 0.509. The van der Waals surface area contributed by atoms with Crippen LogP contribution in [0.25, 0.3) is 0 Å². The number of amides is 1. The average molecular weight is 452 g/mol. The number of aromatic nitrogens is 1. The smallest absolute Gasteiger partial charge is 0.244 e. The largest absolute Gasteiger partial charge is 0.497 e. The molecule has 1 fully saturated rings. The highest BCUT2D eigenvalue weighted by molar-refractivity contribution is 8.00. The summed E-state index contributed by atoms with van der Waals surface area (Å²) in [5, 5.41) is 2.94. The number of carbonyl (C=O) groups excluding carboxylic acids is 1. The zero-order valence-electron chi connectivity index (χ0n) is 17.1. The minimum atomic E-state index is -3.50. The lowest BCUT2D eigenvalue weighted by atomic mass is 10.2. The van der Waals surface area contributed by atoms with Crippen molar-refractivity contribution in [3.05, 3.63) is 36.5 Å². The van der Waals surface area contributed by atoms with E-state index in [9.17, 15) is 13.2 Å². The highest BCUT2D eigenvalue weighted by atomic mass is 32.2. The summed E-state index contributed by atoms with van der Waals surface area (Å²) in [6.45, 7) is 2.84. The number of ether oxygens (including phenoxy) is 2. The maximum Gasteiger partial charge on any atom is 0.244 e. The first-order valence-corrected chi connectivity index (χ1v) is 11.8. The zero-order chi connectivity index (χ0) is 21.7. The predicted molar refractivity (Wildman–Crippen MR) is 116 cm³/mol. The Balaban J connectivity index is 1.66. The van der Waals surface area contributed by atoms with Crippen LogP contribution in [0.3, 0.4) is 0 Å². The van der Waals surface area contributed by atoms with Crippen molar-refractivity contribution in [2.75, 3.05) is 32.6 Å². The first-order chi connectivity index (χ1) is 14.3. The standard InChI is InChI=1S/C20H25N3O5S2/c1-14(20(24)22-17-12-15(27-2)6-8-18(17)28-3)29-19-9-7-16(13-21-19)30(25,26)23-10-4-5-11-23/h6-9,12-14H,4-5,10-11H2,1-3H3,(H,22,24). The number of pyridine rings is 1. The number of nitrogens with one attached hydrogen (secondary N) is 1. The molecule has 1 unspecified atom stereocenters. The van der Waals surface area contributed by atoms with Crippen LogP contribution in [-0.2, 0) is 14.8 Å². The molecule has 0 spiro atoms. The van der Waals surface area contributed by atoms with Crippen LogP contribution in [0.4, 0.5) is 5.69 Å². The fourth-order valence-corrected chi connectivity index (χ4v) is 5.30. The third-order valence-corrected chi connectivity index (χ3v) is 7.68. The Kier molecular flexibility index (Phi) is 7.22. The maximum absolute atomic E-state index is 12.6. The lowest BCUT2D eigenvalue weighted by Crippen LogP contribution is -2.28. The van der Waals surface area contributed by atoms with Gasteiger partial charge in [0.25, 0.3) is 0 Å². The fourth-order valence-electron chi connectivity index (χ4n) is 3.05. The molecule has 1 amide bonds. The van der Waals surface area contributed by atoms with Gasteiger partial charge in [0.15, 0.2) is 0 Å². The van der Waals surface area contributed by atoms with Gasteiger partial charge in [0.2, 0.25) is 15.9 Å². The van der Waals surface area contributed by atoms with Gasteiger partial charge >= 0.3 is 0 Å². The van der Waals surface area contributed by atoms with Crippen LogP contribution >= 0.6 is 11.8 Å². The first-order valence-electron chi connectivity index (χ1n) is 9.51. The predicted octanol–water partition coefficient (Wildman–Crippen LogP) is 3.00. The highest BCUT2D eigenvalue weighted by Gasteiger charge is 2.27. The molecule has 0 radical (unpaired) electrons. The number of carbonyl (C=O) groups is 1. The molecule has 10 heteroatoms. The van der Waals surface area contributed by atoms with Crippen LogP contribution in [0.15, 0.2) is 46.5 Å². The zero-order valence-corrected chi connectivity index (χ0v) is 18.8. The van der Waals surface area contributed by atoms with Crippen molar-refractivity contribution in [3.63, 3.8) is 0 Å². The molecule has 0 aliphatic carbocycles. The summed E-state index contributed by atoms with van der Waals surface area (Å²) in [6, 6.07) is 8.31. The normalized spacial score (nSPS) is 15.6. The second-order valence-electron chi connectivity index (χ2n) is 6.76. The minimum absolute atomic E-state index is 0.173. The van der Waals surface area contributed by atoms with E-state index in [4.69, 9.17) is 9.47 Å². The van der Waals surface area contributed by atoms with Crippen molar-refractivity contribution in [2.24, 2.45) is 0 Å². The first kappa shape index (κ1) is 22.4. The Hall–Kier alpha value is -2.30. The van der Waals surface area contributed by atoms with Crippen LogP contribution in [0.5, 0.6) is 11.5 Å². The highest BCUT2D eigenvalue weighted by Crippen LogP contribution is 2.30. The molecule has 3 rings (SSSR count). The number of hydrogen-bond donors (Lipinski definition) is 1. The fraction of sp³-hybridized carbons (Fsp3) is 0.400. The number of thioether (sulfide) groups is 1. The monoisotopic (exact) mass is 451 g/mol. The van der Waals surface area contributed by atoms with Crippen LogP contribution in [-0.4, -0.2) is 56.2 Å². The quantitative estimate of drug-likeness (QED) is 0.616. The van der Waals surface area contributed by atoms with Crippen molar-refractivity contribution < 1.29 is 22.7 Å². The Bertz CT molecular complexity index is 990. The summed E-state index contributed by atoms with van der Waals surface area (Å²) in [7, 11) is -0.427. The number of rotatable bonds is 8. The summed E-state index contributed by atoms with van der Waals surface area (Å²) < 4.78 is 37.1. The van der Waals surface area contributed by atoms with Gasteiger partial charge in [-0.3, -0.25) is 4.79 Å². The van der Waals surface area contributed by atoms with E-state index < -0.39 is 15.3 Å². The Morgan fingerprint density at radius 1 is 1.17 bits per heavy atom. The molecule has 2 heterocycles. The van der Waals surface area contributed by atoms with E-state index >= 15 is 0 Å². The van der Waals surface area contributed by atoms with Gasteiger partial charge in [-0.05, 0) is 44.0 Å². The van der Waals surface area contributed by atoms with Gasteiger partial charge in [-0.2, -0.15) is 4.31 Å². The number of sulfonamides is 1. The molecular weight excluding hydrogens is 426 g/mol. The van der Waals surface area contributed by atoms with Gasteiger partial charge in [0, 0.05) is 25.4 Å². The van der Waals surface area contributed by atoms with Gasteiger partial charge in [-0.25, -0.2) is 13.4 Å². The van der Waals surface area contributed by atoms with E-state index in [0.29, 0.717) is 35.3 Å². The third kappa shape index (κ3) is 5.05. The second kappa shape index (κ2) is 9.67. The van der Waals surface area contributed by atoms with Crippen molar-refractivity contribution in [3.8, 4) is 11.5 Å². The van der Waals surface area contributed by atoms with Crippen molar-refractivity contribution >= 4 is 33.4 Å². The van der Waals surface area contributed by atoms with Crippen LogP contribution in [0.2, 0.25) is 0 Å². The average Bonchev–Trinajstić information content (AvgIpc) is 3.30. The lowest BCUT2D eigenvalue weighted by molar-refractivity contribution is -0.115. The number of benzene rings is 1. The number of nitrogens with zero attached hydrogens (tertiary/aromatic N) is 2. The van der Waals surface area contributed by atoms with E-state index in [-0.39, 0.29) is 10.8 Å². The molecule has 1 aliphatic rings. The van der Waals surface area contributed by atoms with Crippen LogP contribution < -0.4 is 14.8 Å². The van der Waals surface area contributed by atoms with E-state index in [2.05, 4.69) is 10.3 Å². The Labute approximate surface area is 181 Å². The third-order valence-electron chi connectivity index (χ3n) is 4.74. The molecule has 1 aromatic carbocycles. The van der Waals surface area contributed by atoms with Gasteiger partial charge in [-0.15, -0.1) is 0 Å². The van der Waals surface area contributed by atoms with Crippen molar-refractivity contribution in [2.45, 2.75) is 34.9 Å². The molecule has 8 nitrogen and oxygen atoms in total. The second-order valence-corrected chi connectivity index (χ2v) is 10.1. The molecule has 1 aliphatic heterocycles. The van der Waals surface area contributed by atoms with E-state index in [1.165, 1.54) is 29.4 Å². The maximum atomic E-state index is 12.6. The van der Waals surface area contributed by atoms with Gasteiger partial charge in [0.05, 0.1) is 30.2 Å². The summed E-state index contributed by atoms with van der Waals surface area (Å²) in [4.78, 5) is 17.0. The molecular formula is C20H25N3O5S2. The van der Waals surface area contributed by atoms with Crippen molar-refractivity contribution in [1.29, 1.82) is 0 Å². The van der Waals surface area contributed by atoms with Crippen LogP contribution in [0, 0.1) is 0 Å². The summed E-state index contributed by atoms with van der Waals surface area (Å²) in [5.74, 6) is 0.890. The summed E-state index contributed by atoms with van der Waals surface area (Å²) in [6.07, 6.45) is 3.11. The van der Waals surface area contributed by atoms with Crippen LogP contribution in [0.1, 0.15) is 19.8 Å².